The summed E-state index contributed by atoms with van der Waals surface area (Å²) in [6.45, 7) is 0.211. The molecule has 0 aliphatic heterocycles. The van der Waals surface area contributed by atoms with Crippen molar-refractivity contribution in [3.8, 4) is 0 Å². The highest BCUT2D eigenvalue weighted by atomic mass is 16.2. The normalized spacial score (nSPS) is 10.4. The van der Waals surface area contributed by atoms with Crippen LogP contribution in [0.15, 0.2) is 54.9 Å². The number of aromatic nitrogens is 2. The number of carbonyl (C=O) groups is 2. The number of aromatic amines is 1. The van der Waals surface area contributed by atoms with Gasteiger partial charge < -0.3 is 15.6 Å². The van der Waals surface area contributed by atoms with Crippen molar-refractivity contribution in [3.63, 3.8) is 0 Å². The third-order valence-electron chi connectivity index (χ3n) is 3.18. The van der Waals surface area contributed by atoms with E-state index in [1.807, 2.05) is 24.4 Å². The Balaban J connectivity index is 1.59. The van der Waals surface area contributed by atoms with E-state index in [4.69, 9.17) is 0 Å². The Kier molecular flexibility index (Phi) is 3.82. The molecule has 0 aliphatic carbocycles. The fourth-order valence-electron chi connectivity index (χ4n) is 2.07. The van der Waals surface area contributed by atoms with Crippen LogP contribution in [0, 0.1) is 0 Å². The van der Waals surface area contributed by atoms with Gasteiger partial charge in [-0.05, 0) is 35.7 Å². The Morgan fingerprint density at radius 3 is 2.82 bits per heavy atom. The van der Waals surface area contributed by atoms with Crippen LogP contribution in [0.4, 0.5) is 5.69 Å². The number of anilines is 1. The predicted octanol–water partition coefficient (Wildman–Crippen LogP) is 1.82. The molecule has 0 saturated heterocycles. The number of rotatable bonds is 3. The van der Waals surface area contributed by atoms with Crippen molar-refractivity contribution in [2.24, 2.45) is 0 Å². The molecular weight excluding hydrogens is 280 g/mol. The number of nitrogens with one attached hydrogen (secondary N) is 3. The first-order valence-corrected chi connectivity index (χ1v) is 6.78. The zero-order chi connectivity index (χ0) is 15.4. The molecule has 3 N–H and O–H groups in total. The summed E-state index contributed by atoms with van der Waals surface area (Å²) in [5, 5.41) is 6.14. The third kappa shape index (κ3) is 3.12. The monoisotopic (exact) mass is 294 g/mol. The molecule has 3 aromatic rings. The van der Waals surface area contributed by atoms with Crippen molar-refractivity contribution in [1.29, 1.82) is 0 Å². The molecule has 3 rings (SSSR count). The van der Waals surface area contributed by atoms with Gasteiger partial charge >= 0.3 is 11.8 Å². The fraction of sp³-hybridized carbons (Fsp3) is 0.0625. The molecule has 1 aromatic carbocycles. The largest absolute Gasteiger partial charge is 0.361 e. The number of fused-ring (bicyclic) bond motifs is 1. The van der Waals surface area contributed by atoms with Crippen molar-refractivity contribution in [2.45, 2.75) is 6.54 Å². The van der Waals surface area contributed by atoms with Gasteiger partial charge in [0.1, 0.15) is 0 Å². The Labute approximate surface area is 126 Å². The van der Waals surface area contributed by atoms with Crippen LogP contribution in [0.1, 0.15) is 5.69 Å². The number of amides is 2. The van der Waals surface area contributed by atoms with Gasteiger partial charge in [0, 0.05) is 23.6 Å². The quantitative estimate of drug-likeness (QED) is 0.644. The molecule has 0 atom stereocenters. The summed E-state index contributed by atoms with van der Waals surface area (Å²) in [5.41, 5.74) is 2.15. The van der Waals surface area contributed by atoms with Crippen LogP contribution in [0.3, 0.4) is 0 Å². The van der Waals surface area contributed by atoms with Gasteiger partial charge in [-0.3, -0.25) is 14.6 Å². The van der Waals surface area contributed by atoms with E-state index in [-0.39, 0.29) is 6.54 Å². The van der Waals surface area contributed by atoms with Crippen LogP contribution >= 0.6 is 0 Å². The first kappa shape index (κ1) is 13.8. The molecule has 0 spiro atoms. The molecule has 110 valence electrons. The molecule has 0 fully saturated rings. The van der Waals surface area contributed by atoms with Crippen molar-refractivity contribution >= 4 is 28.4 Å². The number of nitrogens with zero attached hydrogens (tertiary/aromatic N) is 1. The van der Waals surface area contributed by atoms with Crippen LogP contribution in [0.25, 0.3) is 10.9 Å². The van der Waals surface area contributed by atoms with Crippen LogP contribution < -0.4 is 10.6 Å². The molecule has 2 amide bonds. The number of pyridine rings is 1. The summed E-state index contributed by atoms with van der Waals surface area (Å²) >= 11 is 0. The molecular formula is C16H14N4O2. The predicted molar refractivity (Wildman–Crippen MR) is 83.0 cm³/mol. The van der Waals surface area contributed by atoms with E-state index in [0.29, 0.717) is 11.4 Å². The molecule has 2 aromatic heterocycles. The minimum atomic E-state index is -0.707. The number of hydrogen-bond donors (Lipinski definition) is 3. The van der Waals surface area contributed by atoms with E-state index in [1.165, 1.54) is 0 Å². The smallest absolute Gasteiger partial charge is 0.313 e. The van der Waals surface area contributed by atoms with E-state index in [1.54, 1.807) is 30.5 Å². The summed E-state index contributed by atoms with van der Waals surface area (Å²) in [6.07, 6.45) is 3.45. The zero-order valence-corrected chi connectivity index (χ0v) is 11.7. The number of carbonyl (C=O) groups excluding carboxylic acids is 2. The van der Waals surface area contributed by atoms with Gasteiger partial charge in [-0.15, -0.1) is 0 Å². The summed E-state index contributed by atoms with van der Waals surface area (Å²) in [7, 11) is 0. The summed E-state index contributed by atoms with van der Waals surface area (Å²) in [5.74, 6) is -1.40. The van der Waals surface area contributed by atoms with Gasteiger partial charge in [0.2, 0.25) is 0 Å². The molecule has 6 nitrogen and oxygen atoms in total. The lowest BCUT2D eigenvalue weighted by Crippen LogP contribution is -2.35. The van der Waals surface area contributed by atoms with Crippen LogP contribution in [0.5, 0.6) is 0 Å². The van der Waals surface area contributed by atoms with E-state index in [9.17, 15) is 9.59 Å². The number of H-pyrrole nitrogens is 1. The van der Waals surface area contributed by atoms with Crippen molar-refractivity contribution in [1.82, 2.24) is 15.3 Å². The maximum Gasteiger partial charge on any atom is 0.313 e. The highest BCUT2D eigenvalue weighted by Crippen LogP contribution is 2.17. The SMILES string of the molecule is O=C(NCc1ccccn1)C(=O)Nc1ccc2cc[nH]c2c1. The van der Waals surface area contributed by atoms with Gasteiger partial charge in [-0.1, -0.05) is 12.1 Å². The van der Waals surface area contributed by atoms with E-state index >= 15 is 0 Å². The third-order valence-corrected chi connectivity index (χ3v) is 3.18. The standard InChI is InChI=1S/C16H14N4O2/c21-15(19-10-13-3-1-2-7-17-13)16(22)20-12-5-4-11-6-8-18-14(11)9-12/h1-9,18H,10H2,(H,19,21)(H,20,22). The minimum Gasteiger partial charge on any atom is -0.361 e. The molecule has 0 bridgehead atoms. The lowest BCUT2D eigenvalue weighted by molar-refractivity contribution is -0.136. The van der Waals surface area contributed by atoms with Gasteiger partial charge in [0.25, 0.3) is 0 Å². The molecule has 0 unspecified atom stereocenters. The summed E-state index contributed by atoms with van der Waals surface area (Å²) in [6, 6.07) is 12.7. The summed E-state index contributed by atoms with van der Waals surface area (Å²) < 4.78 is 0. The highest BCUT2D eigenvalue weighted by Gasteiger charge is 2.13. The van der Waals surface area contributed by atoms with Crippen LogP contribution in [0.2, 0.25) is 0 Å². The zero-order valence-electron chi connectivity index (χ0n) is 11.7. The van der Waals surface area contributed by atoms with Crippen molar-refractivity contribution in [2.75, 3.05) is 5.32 Å². The summed E-state index contributed by atoms with van der Waals surface area (Å²) in [4.78, 5) is 30.8. The number of benzene rings is 1. The maximum absolute atomic E-state index is 11.9. The highest BCUT2D eigenvalue weighted by molar-refractivity contribution is 6.39. The average Bonchev–Trinajstić information content (AvgIpc) is 3.01. The fourth-order valence-corrected chi connectivity index (χ4v) is 2.07. The molecule has 6 heteroatoms. The maximum atomic E-state index is 11.9. The molecule has 0 radical (unpaired) electrons. The van der Waals surface area contributed by atoms with Crippen molar-refractivity contribution in [3.05, 3.63) is 60.6 Å². The first-order valence-electron chi connectivity index (χ1n) is 6.78. The van der Waals surface area contributed by atoms with Gasteiger partial charge in [0.15, 0.2) is 0 Å². The molecule has 0 saturated carbocycles. The minimum absolute atomic E-state index is 0.211. The van der Waals surface area contributed by atoms with Crippen LogP contribution in [-0.2, 0) is 16.1 Å². The van der Waals surface area contributed by atoms with Crippen LogP contribution in [-0.4, -0.2) is 21.8 Å². The topological polar surface area (TPSA) is 86.9 Å². The van der Waals surface area contributed by atoms with E-state index in [0.717, 1.165) is 10.9 Å². The van der Waals surface area contributed by atoms with Crippen molar-refractivity contribution < 1.29 is 9.59 Å². The Morgan fingerprint density at radius 2 is 2.00 bits per heavy atom. The Morgan fingerprint density at radius 1 is 1.09 bits per heavy atom. The second-order valence-corrected chi connectivity index (χ2v) is 4.74. The second-order valence-electron chi connectivity index (χ2n) is 4.74. The molecule has 2 heterocycles. The second kappa shape index (κ2) is 6.09. The number of hydrogen-bond acceptors (Lipinski definition) is 3. The van der Waals surface area contributed by atoms with Gasteiger partial charge in [-0.2, -0.15) is 0 Å². The van der Waals surface area contributed by atoms with Gasteiger partial charge in [-0.25, -0.2) is 0 Å². The lowest BCUT2D eigenvalue weighted by atomic mass is 10.2. The van der Waals surface area contributed by atoms with E-state index in [2.05, 4.69) is 20.6 Å². The van der Waals surface area contributed by atoms with Gasteiger partial charge in [0.05, 0.1) is 12.2 Å². The molecule has 22 heavy (non-hydrogen) atoms. The Hall–Kier alpha value is -3.15. The average molecular weight is 294 g/mol. The van der Waals surface area contributed by atoms with E-state index < -0.39 is 11.8 Å². The molecule has 0 aliphatic rings. The lowest BCUT2D eigenvalue weighted by Gasteiger charge is -2.06. The Bertz CT molecular complexity index is 811. The first-order chi connectivity index (χ1) is 10.7.